The van der Waals surface area contributed by atoms with Crippen LogP contribution in [0.2, 0.25) is 0 Å². The fourth-order valence-electron chi connectivity index (χ4n) is 2.44. The van der Waals surface area contributed by atoms with Crippen molar-refractivity contribution in [2.75, 3.05) is 26.5 Å². The van der Waals surface area contributed by atoms with Gasteiger partial charge in [-0.1, -0.05) is 26.0 Å². The highest BCUT2D eigenvalue weighted by Gasteiger charge is 2.23. The fraction of sp³-hybridized carbons (Fsp3) is 0.316. The van der Waals surface area contributed by atoms with E-state index in [0.717, 1.165) is 5.56 Å². The number of nitrogen functional groups attached to an aromatic ring is 1. The third-order valence-electron chi connectivity index (χ3n) is 4.00. The minimum absolute atomic E-state index is 0.143. The summed E-state index contributed by atoms with van der Waals surface area (Å²) in [7, 11) is 3.21. The van der Waals surface area contributed by atoms with Crippen molar-refractivity contribution in [3.63, 3.8) is 0 Å². The van der Waals surface area contributed by atoms with E-state index in [9.17, 15) is 4.79 Å². The molecule has 0 aromatic heterocycles. The van der Waals surface area contributed by atoms with Crippen LogP contribution in [0.15, 0.2) is 42.5 Å². The van der Waals surface area contributed by atoms with E-state index in [1.807, 2.05) is 18.2 Å². The monoisotopic (exact) mass is 328 g/mol. The quantitative estimate of drug-likeness (QED) is 0.800. The fourth-order valence-corrected chi connectivity index (χ4v) is 2.44. The number of amides is 1. The third-order valence-corrected chi connectivity index (χ3v) is 4.00. The molecule has 2 aromatic carbocycles. The molecular formula is C19H24N2O3. The van der Waals surface area contributed by atoms with E-state index in [2.05, 4.69) is 19.2 Å². The summed E-state index contributed by atoms with van der Waals surface area (Å²) in [5.74, 6) is 1.21. The molecule has 0 heterocycles. The summed E-state index contributed by atoms with van der Waals surface area (Å²) in [4.78, 5) is 12.3. The lowest BCUT2D eigenvalue weighted by molar-refractivity contribution is 0.0945. The average Bonchev–Trinajstić information content (AvgIpc) is 2.59. The Bertz CT molecular complexity index is 726. The molecule has 5 heteroatoms. The first-order chi connectivity index (χ1) is 11.4. The van der Waals surface area contributed by atoms with Crippen molar-refractivity contribution < 1.29 is 14.3 Å². The predicted octanol–water partition coefficient (Wildman–Crippen LogP) is 2.99. The Morgan fingerprint density at radius 2 is 1.79 bits per heavy atom. The zero-order valence-electron chi connectivity index (χ0n) is 14.6. The molecule has 0 unspecified atom stereocenters. The molecule has 0 fully saturated rings. The number of anilines is 1. The standard InChI is InChI=1S/C19H24N2O3/c1-19(2,14-8-9-16(23-3)17(11-14)24-4)12-21-18(22)13-6-5-7-15(20)10-13/h5-11H,12,20H2,1-4H3,(H,21,22). The number of nitrogens with two attached hydrogens (primary N) is 1. The summed E-state index contributed by atoms with van der Waals surface area (Å²) in [6, 6.07) is 12.7. The van der Waals surface area contributed by atoms with Gasteiger partial charge in [0.2, 0.25) is 0 Å². The van der Waals surface area contributed by atoms with Gasteiger partial charge in [-0.25, -0.2) is 0 Å². The topological polar surface area (TPSA) is 73.6 Å². The van der Waals surface area contributed by atoms with Crippen LogP contribution in [0.25, 0.3) is 0 Å². The van der Waals surface area contributed by atoms with Crippen LogP contribution in [0.5, 0.6) is 11.5 Å². The summed E-state index contributed by atoms with van der Waals surface area (Å²) < 4.78 is 10.6. The summed E-state index contributed by atoms with van der Waals surface area (Å²) in [5.41, 5.74) is 7.63. The van der Waals surface area contributed by atoms with E-state index in [1.165, 1.54) is 0 Å². The van der Waals surface area contributed by atoms with Crippen molar-refractivity contribution in [3.8, 4) is 11.5 Å². The summed E-state index contributed by atoms with van der Waals surface area (Å²) in [6.45, 7) is 4.61. The van der Waals surface area contributed by atoms with Gasteiger partial charge >= 0.3 is 0 Å². The first-order valence-corrected chi connectivity index (χ1v) is 7.73. The molecule has 3 N–H and O–H groups in total. The SMILES string of the molecule is COc1ccc(C(C)(C)CNC(=O)c2cccc(N)c2)cc1OC. The van der Waals surface area contributed by atoms with Crippen LogP contribution >= 0.6 is 0 Å². The van der Waals surface area contributed by atoms with Gasteiger partial charge in [-0.05, 0) is 35.9 Å². The van der Waals surface area contributed by atoms with Crippen LogP contribution < -0.4 is 20.5 Å². The van der Waals surface area contributed by atoms with E-state index < -0.39 is 0 Å². The van der Waals surface area contributed by atoms with Gasteiger partial charge in [0.25, 0.3) is 5.91 Å². The van der Waals surface area contributed by atoms with E-state index >= 15 is 0 Å². The second-order valence-corrected chi connectivity index (χ2v) is 6.26. The highest BCUT2D eigenvalue weighted by atomic mass is 16.5. The molecule has 24 heavy (non-hydrogen) atoms. The Labute approximate surface area is 142 Å². The lowest BCUT2D eigenvalue weighted by atomic mass is 9.84. The lowest BCUT2D eigenvalue weighted by Gasteiger charge is -2.26. The van der Waals surface area contributed by atoms with Gasteiger partial charge in [-0.3, -0.25) is 4.79 Å². The molecule has 0 radical (unpaired) electrons. The maximum Gasteiger partial charge on any atom is 0.251 e. The predicted molar refractivity (Wildman–Crippen MR) is 95.8 cm³/mol. The van der Waals surface area contributed by atoms with Gasteiger partial charge in [0, 0.05) is 23.2 Å². The molecule has 5 nitrogen and oxygen atoms in total. The second kappa shape index (κ2) is 7.25. The molecule has 0 spiro atoms. The molecular weight excluding hydrogens is 304 g/mol. The van der Waals surface area contributed by atoms with Crippen LogP contribution in [0.3, 0.4) is 0 Å². The number of ether oxygens (including phenoxy) is 2. The molecule has 0 aliphatic heterocycles. The van der Waals surface area contributed by atoms with Crippen molar-refractivity contribution >= 4 is 11.6 Å². The zero-order valence-corrected chi connectivity index (χ0v) is 14.6. The molecule has 0 aliphatic carbocycles. The number of hydrogen-bond acceptors (Lipinski definition) is 4. The van der Waals surface area contributed by atoms with Gasteiger partial charge in [-0.2, -0.15) is 0 Å². The number of benzene rings is 2. The zero-order chi connectivity index (χ0) is 17.7. The van der Waals surface area contributed by atoms with Crippen LogP contribution in [0.4, 0.5) is 5.69 Å². The average molecular weight is 328 g/mol. The minimum atomic E-state index is -0.268. The van der Waals surface area contributed by atoms with Crippen LogP contribution in [-0.4, -0.2) is 26.7 Å². The maximum absolute atomic E-state index is 12.3. The summed E-state index contributed by atoms with van der Waals surface area (Å²) in [5, 5.41) is 2.96. The molecule has 2 rings (SSSR count). The van der Waals surface area contributed by atoms with E-state index in [4.69, 9.17) is 15.2 Å². The number of hydrogen-bond donors (Lipinski definition) is 2. The Kier molecular flexibility index (Phi) is 5.34. The molecule has 0 bridgehead atoms. The Morgan fingerprint density at radius 1 is 1.08 bits per heavy atom. The van der Waals surface area contributed by atoms with Crippen molar-refractivity contribution in [1.29, 1.82) is 0 Å². The molecule has 1 amide bonds. The highest BCUT2D eigenvalue weighted by molar-refractivity contribution is 5.95. The van der Waals surface area contributed by atoms with Gasteiger partial charge in [-0.15, -0.1) is 0 Å². The molecule has 0 atom stereocenters. The molecule has 0 saturated heterocycles. The van der Waals surface area contributed by atoms with Crippen molar-refractivity contribution in [2.45, 2.75) is 19.3 Å². The number of nitrogens with one attached hydrogen (secondary N) is 1. The maximum atomic E-state index is 12.3. The minimum Gasteiger partial charge on any atom is -0.493 e. The molecule has 2 aromatic rings. The Balaban J connectivity index is 2.12. The summed E-state index contributed by atoms with van der Waals surface area (Å²) in [6.07, 6.45) is 0. The molecule has 0 saturated carbocycles. The Morgan fingerprint density at radius 3 is 2.42 bits per heavy atom. The van der Waals surface area contributed by atoms with Crippen molar-refractivity contribution in [1.82, 2.24) is 5.32 Å². The number of carbonyl (C=O) groups is 1. The van der Waals surface area contributed by atoms with Crippen LogP contribution in [0.1, 0.15) is 29.8 Å². The number of rotatable bonds is 6. The number of methoxy groups -OCH3 is 2. The highest BCUT2D eigenvalue weighted by Crippen LogP contribution is 2.32. The van der Waals surface area contributed by atoms with Gasteiger partial charge in [0.05, 0.1) is 14.2 Å². The molecule has 128 valence electrons. The van der Waals surface area contributed by atoms with Crippen molar-refractivity contribution in [2.24, 2.45) is 0 Å². The van der Waals surface area contributed by atoms with E-state index in [1.54, 1.807) is 38.5 Å². The third kappa shape index (κ3) is 3.98. The smallest absolute Gasteiger partial charge is 0.251 e. The number of carbonyl (C=O) groups excluding carboxylic acids is 1. The normalized spacial score (nSPS) is 11.0. The van der Waals surface area contributed by atoms with Crippen LogP contribution in [0, 0.1) is 0 Å². The van der Waals surface area contributed by atoms with Gasteiger partial charge in [0.15, 0.2) is 11.5 Å². The van der Waals surface area contributed by atoms with Crippen molar-refractivity contribution in [3.05, 3.63) is 53.6 Å². The Hall–Kier alpha value is -2.69. The molecule has 0 aliphatic rings. The van der Waals surface area contributed by atoms with Gasteiger partial charge in [0.1, 0.15) is 0 Å². The summed E-state index contributed by atoms with van der Waals surface area (Å²) >= 11 is 0. The lowest BCUT2D eigenvalue weighted by Crippen LogP contribution is -2.36. The van der Waals surface area contributed by atoms with Gasteiger partial charge < -0.3 is 20.5 Å². The van der Waals surface area contributed by atoms with E-state index in [-0.39, 0.29) is 11.3 Å². The first kappa shape index (κ1) is 17.7. The van der Waals surface area contributed by atoms with E-state index in [0.29, 0.717) is 29.3 Å². The van der Waals surface area contributed by atoms with Crippen LogP contribution in [-0.2, 0) is 5.41 Å². The largest absolute Gasteiger partial charge is 0.493 e. The first-order valence-electron chi connectivity index (χ1n) is 7.73. The second-order valence-electron chi connectivity index (χ2n) is 6.26.